The summed E-state index contributed by atoms with van der Waals surface area (Å²) in [6.45, 7) is 7.64. The van der Waals surface area contributed by atoms with Crippen LogP contribution in [-0.4, -0.2) is 53.0 Å². The average Bonchev–Trinajstić information content (AvgIpc) is 2.62. The molecule has 4 heterocycles. The molecule has 4 rings (SSSR count). The Balaban J connectivity index is 1.36. The highest BCUT2D eigenvalue weighted by atomic mass is 16.2. The molecule has 0 aromatic carbocycles. The summed E-state index contributed by atoms with van der Waals surface area (Å²) < 4.78 is 1.97. The van der Waals surface area contributed by atoms with Crippen LogP contribution in [0.5, 0.6) is 0 Å². The minimum atomic E-state index is 0.131. The molecule has 3 unspecified atom stereocenters. The fourth-order valence-electron chi connectivity index (χ4n) is 4.94. The van der Waals surface area contributed by atoms with Crippen molar-refractivity contribution in [1.82, 2.24) is 14.4 Å². The summed E-state index contributed by atoms with van der Waals surface area (Å²) in [5.74, 6) is 1.74. The Kier molecular flexibility index (Phi) is 4.98. The molecule has 140 valence electrons. The molecule has 0 radical (unpaired) electrons. The molecule has 26 heavy (non-hydrogen) atoms. The van der Waals surface area contributed by atoms with Crippen molar-refractivity contribution < 1.29 is 4.79 Å². The summed E-state index contributed by atoms with van der Waals surface area (Å²) in [6, 6.07) is 5.65. The number of likely N-dealkylation sites (tertiary alicyclic amines) is 2. The number of amides is 1. The SMILES string of the molecule is CC1CCCN(C(=O)C=CCN2CC3CC(C2)c2cccc(=O)n2C3)C1. The predicted octanol–water partition coefficient (Wildman–Crippen LogP) is 2.08. The van der Waals surface area contributed by atoms with Crippen molar-refractivity contribution in [3.05, 3.63) is 46.4 Å². The first-order chi connectivity index (χ1) is 12.6. The molecule has 5 heteroatoms. The van der Waals surface area contributed by atoms with Crippen LogP contribution in [0.4, 0.5) is 0 Å². The van der Waals surface area contributed by atoms with Crippen LogP contribution in [0.25, 0.3) is 0 Å². The fraction of sp³-hybridized carbons (Fsp3) is 0.619. The van der Waals surface area contributed by atoms with Crippen molar-refractivity contribution in [3.8, 4) is 0 Å². The summed E-state index contributed by atoms with van der Waals surface area (Å²) in [4.78, 5) is 28.9. The Hall–Kier alpha value is -1.88. The van der Waals surface area contributed by atoms with Crippen LogP contribution < -0.4 is 5.56 Å². The minimum Gasteiger partial charge on any atom is -0.339 e. The number of aromatic nitrogens is 1. The number of hydrogen-bond donors (Lipinski definition) is 0. The monoisotopic (exact) mass is 355 g/mol. The van der Waals surface area contributed by atoms with E-state index in [1.165, 1.54) is 18.5 Å². The normalized spacial score (nSPS) is 29.0. The van der Waals surface area contributed by atoms with E-state index in [0.717, 1.165) is 45.7 Å². The molecule has 0 aliphatic carbocycles. The van der Waals surface area contributed by atoms with E-state index in [4.69, 9.17) is 0 Å². The van der Waals surface area contributed by atoms with Gasteiger partial charge >= 0.3 is 0 Å². The van der Waals surface area contributed by atoms with E-state index in [9.17, 15) is 9.59 Å². The van der Waals surface area contributed by atoms with Crippen LogP contribution in [0, 0.1) is 11.8 Å². The van der Waals surface area contributed by atoms with E-state index in [2.05, 4.69) is 17.9 Å². The standard InChI is InChI=1S/C21H29N3O2/c1-16-5-3-10-23(12-16)20(25)8-4-9-22-13-17-11-18(15-22)19-6-2-7-21(26)24(19)14-17/h2,4,6-8,16-18H,3,5,9-15H2,1H3. The zero-order valence-electron chi connectivity index (χ0n) is 15.6. The highest BCUT2D eigenvalue weighted by Crippen LogP contribution is 2.34. The molecule has 5 nitrogen and oxygen atoms in total. The molecule has 0 N–H and O–H groups in total. The number of fused-ring (bicyclic) bond motifs is 4. The third-order valence-electron chi connectivity index (χ3n) is 6.15. The Morgan fingerprint density at radius 3 is 2.96 bits per heavy atom. The number of rotatable bonds is 3. The van der Waals surface area contributed by atoms with Gasteiger partial charge in [0.1, 0.15) is 0 Å². The van der Waals surface area contributed by atoms with E-state index in [1.807, 2.05) is 21.6 Å². The second-order valence-electron chi connectivity index (χ2n) is 8.35. The smallest absolute Gasteiger partial charge is 0.250 e. The van der Waals surface area contributed by atoms with Gasteiger partial charge < -0.3 is 9.47 Å². The highest BCUT2D eigenvalue weighted by molar-refractivity contribution is 5.87. The molecule has 1 amide bonds. The van der Waals surface area contributed by atoms with Crippen molar-refractivity contribution in [2.45, 2.75) is 38.6 Å². The van der Waals surface area contributed by atoms with Gasteiger partial charge in [0.15, 0.2) is 0 Å². The van der Waals surface area contributed by atoms with Crippen molar-refractivity contribution >= 4 is 5.91 Å². The average molecular weight is 355 g/mol. The summed E-state index contributed by atoms with van der Waals surface area (Å²) in [6.07, 6.45) is 7.32. The Morgan fingerprint density at radius 1 is 1.23 bits per heavy atom. The molecule has 2 saturated heterocycles. The van der Waals surface area contributed by atoms with Crippen molar-refractivity contribution in [2.75, 3.05) is 32.7 Å². The number of carbonyl (C=O) groups is 1. The summed E-state index contributed by atoms with van der Waals surface area (Å²) in [5.41, 5.74) is 1.31. The van der Waals surface area contributed by atoms with E-state index in [0.29, 0.717) is 17.8 Å². The highest BCUT2D eigenvalue weighted by Gasteiger charge is 2.33. The zero-order valence-corrected chi connectivity index (χ0v) is 15.6. The van der Waals surface area contributed by atoms with Gasteiger partial charge in [-0.1, -0.05) is 19.1 Å². The summed E-state index contributed by atoms with van der Waals surface area (Å²) in [5, 5.41) is 0. The van der Waals surface area contributed by atoms with Crippen LogP contribution >= 0.6 is 0 Å². The first-order valence-electron chi connectivity index (χ1n) is 9.97. The van der Waals surface area contributed by atoms with Crippen molar-refractivity contribution in [1.29, 1.82) is 0 Å². The van der Waals surface area contributed by atoms with Gasteiger partial charge in [-0.05, 0) is 37.2 Å². The molecule has 3 aliphatic rings. The maximum Gasteiger partial charge on any atom is 0.250 e. The molecule has 3 aliphatic heterocycles. The number of piperidine rings is 2. The maximum atomic E-state index is 12.4. The third kappa shape index (κ3) is 3.63. The summed E-state index contributed by atoms with van der Waals surface area (Å²) >= 11 is 0. The Morgan fingerprint density at radius 2 is 2.12 bits per heavy atom. The van der Waals surface area contributed by atoms with Gasteiger partial charge in [-0.3, -0.25) is 14.5 Å². The third-order valence-corrected chi connectivity index (χ3v) is 6.15. The van der Waals surface area contributed by atoms with Gasteiger partial charge in [-0.25, -0.2) is 0 Å². The topological polar surface area (TPSA) is 45.6 Å². The van der Waals surface area contributed by atoms with E-state index in [1.54, 1.807) is 12.1 Å². The summed E-state index contributed by atoms with van der Waals surface area (Å²) in [7, 11) is 0. The molecule has 0 saturated carbocycles. The molecule has 3 atom stereocenters. The maximum absolute atomic E-state index is 12.4. The quantitative estimate of drug-likeness (QED) is 0.780. The molecular weight excluding hydrogens is 326 g/mol. The molecule has 2 bridgehead atoms. The van der Waals surface area contributed by atoms with Gasteiger partial charge in [-0.15, -0.1) is 0 Å². The van der Waals surface area contributed by atoms with Crippen molar-refractivity contribution in [2.24, 2.45) is 11.8 Å². The Bertz CT molecular complexity index is 754. The molecule has 2 fully saturated rings. The van der Waals surface area contributed by atoms with Crippen LogP contribution in [0.15, 0.2) is 35.1 Å². The number of pyridine rings is 1. The van der Waals surface area contributed by atoms with Crippen LogP contribution in [-0.2, 0) is 11.3 Å². The molecule has 0 spiro atoms. The largest absolute Gasteiger partial charge is 0.339 e. The number of carbonyl (C=O) groups excluding carboxylic acids is 1. The van der Waals surface area contributed by atoms with Crippen molar-refractivity contribution in [3.63, 3.8) is 0 Å². The second-order valence-corrected chi connectivity index (χ2v) is 8.35. The number of nitrogens with zero attached hydrogens (tertiary/aromatic N) is 3. The lowest BCUT2D eigenvalue weighted by Gasteiger charge is -2.42. The Labute approximate surface area is 155 Å². The van der Waals surface area contributed by atoms with E-state index >= 15 is 0 Å². The lowest BCUT2D eigenvalue weighted by atomic mass is 9.83. The predicted molar refractivity (Wildman–Crippen MR) is 102 cm³/mol. The number of hydrogen-bond acceptors (Lipinski definition) is 3. The van der Waals surface area contributed by atoms with Gasteiger partial charge in [0, 0.05) is 63.0 Å². The fourth-order valence-corrected chi connectivity index (χ4v) is 4.94. The van der Waals surface area contributed by atoms with E-state index < -0.39 is 0 Å². The van der Waals surface area contributed by atoms with Gasteiger partial charge in [0.2, 0.25) is 5.91 Å². The van der Waals surface area contributed by atoms with Crippen LogP contribution in [0.2, 0.25) is 0 Å². The van der Waals surface area contributed by atoms with E-state index in [-0.39, 0.29) is 11.5 Å². The lowest BCUT2D eigenvalue weighted by Crippen LogP contribution is -2.47. The van der Waals surface area contributed by atoms with Gasteiger partial charge in [0.05, 0.1) is 0 Å². The van der Waals surface area contributed by atoms with Crippen LogP contribution in [0.1, 0.15) is 37.8 Å². The molecule has 1 aromatic heterocycles. The molecule has 1 aromatic rings. The van der Waals surface area contributed by atoms with Crippen LogP contribution in [0.3, 0.4) is 0 Å². The second kappa shape index (κ2) is 7.39. The molecular formula is C21H29N3O2. The first-order valence-corrected chi connectivity index (χ1v) is 9.97. The van der Waals surface area contributed by atoms with Gasteiger partial charge in [0.25, 0.3) is 5.56 Å². The first kappa shape index (κ1) is 17.5. The van der Waals surface area contributed by atoms with Gasteiger partial charge in [-0.2, -0.15) is 0 Å². The zero-order chi connectivity index (χ0) is 18.1. The minimum absolute atomic E-state index is 0.131. The lowest BCUT2D eigenvalue weighted by molar-refractivity contribution is -0.127.